The lowest BCUT2D eigenvalue weighted by Crippen LogP contribution is -2.15. The SMILES string of the molecule is COC(=O)C(=O)c1ccc(Br)c(Cl)c1. The Morgan fingerprint density at radius 3 is 2.57 bits per heavy atom. The van der Waals surface area contributed by atoms with E-state index in [-0.39, 0.29) is 5.56 Å². The minimum Gasteiger partial charge on any atom is -0.463 e. The van der Waals surface area contributed by atoms with Crippen molar-refractivity contribution in [3.05, 3.63) is 33.3 Å². The van der Waals surface area contributed by atoms with E-state index in [1.54, 1.807) is 6.07 Å². The fraction of sp³-hybridized carbons (Fsp3) is 0.111. The van der Waals surface area contributed by atoms with Crippen LogP contribution >= 0.6 is 27.5 Å². The molecule has 0 aromatic heterocycles. The second-order valence-corrected chi connectivity index (χ2v) is 3.71. The van der Waals surface area contributed by atoms with Gasteiger partial charge in [-0.1, -0.05) is 11.6 Å². The number of carbonyl (C=O) groups is 2. The summed E-state index contributed by atoms with van der Waals surface area (Å²) in [6.07, 6.45) is 0. The Hall–Kier alpha value is -0.870. The predicted molar refractivity (Wildman–Crippen MR) is 55.5 cm³/mol. The Morgan fingerprint density at radius 1 is 1.43 bits per heavy atom. The number of ether oxygens (including phenoxy) is 1. The van der Waals surface area contributed by atoms with Gasteiger partial charge < -0.3 is 4.74 Å². The van der Waals surface area contributed by atoms with Gasteiger partial charge in [0, 0.05) is 10.0 Å². The molecular formula is C9H6BrClO3. The molecule has 0 spiro atoms. The molecule has 0 heterocycles. The molecule has 0 N–H and O–H groups in total. The van der Waals surface area contributed by atoms with E-state index in [0.717, 1.165) is 7.11 Å². The van der Waals surface area contributed by atoms with Gasteiger partial charge in [0.1, 0.15) is 0 Å². The summed E-state index contributed by atoms with van der Waals surface area (Å²) >= 11 is 8.93. The van der Waals surface area contributed by atoms with Crippen LogP contribution in [0.1, 0.15) is 10.4 Å². The highest BCUT2D eigenvalue weighted by atomic mass is 79.9. The van der Waals surface area contributed by atoms with Crippen LogP contribution in [0.2, 0.25) is 5.02 Å². The molecule has 0 aliphatic heterocycles. The molecule has 5 heteroatoms. The van der Waals surface area contributed by atoms with Crippen LogP contribution in [0, 0.1) is 0 Å². The molecule has 0 unspecified atom stereocenters. The second-order valence-electron chi connectivity index (χ2n) is 2.45. The average molecular weight is 278 g/mol. The fourth-order valence-electron chi connectivity index (χ4n) is 0.848. The Kier molecular flexibility index (Phi) is 3.66. The lowest BCUT2D eigenvalue weighted by molar-refractivity contribution is -0.135. The van der Waals surface area contributed by atoms with Crippen molar-refractivity contribution in [1.29, 1.82) is 0 Å². The summed E-state index contributed by atoms with van der Waals surface area (Å²) in [5.41, 5.74) is 0.213. The number of Topliss-reactive ketones (excluding diaryl/α,β-unsaturated/α-hetero) is 1. The normalized spacial score (nSPS) is 9.64. The van der Waals surface area contributed by atoms with E-state index in [1.165, 1.54) is 12.1 Å². The summed E-state index contributed by atoms with van der Waals surface area (Å²) < 4.78 is 4.96. The molecule has 0 amide bonds. The minimum absolute atomic E-state index is 0.213. The molecule has 1 rings (SSSR count). The Morgan fingerprint density at radius 2 is 2.07 bits per heavy atom. The van der Waals surface area contributed by atoms with Crippen LogP contribution in [0.15, 0.2) is 22.7 Å². The third kappa shape index (κ3) is 2.33. The molecule has 0 atom stereocenters. The minimum atomic E-state index is -0.900. The van der Waals surface area contributed by atoms with Crippen molar-refractivity contribution in [2.45, 2.75) is 0 Å². The lowest BCUT2D eigenvalue weighted by Gasteiger charge is -2.00. The van der Waals surface area contributed by atoms with E-state index in [4.69, 9.17) is 11.6 Å². The summed E-state index contributed by atoms with van der Waals surface area (Å²) in [6.45, 7) is 0. The molecule has 74 valence electrons. The number of rotatable bonds is 2. The Balaban J connectivity index is 3.03. The van der Waals surface area contributed by atoms with Gasteiger partial charge in [-0.05, 0) is 34.1 Å². The molecule has 0 aliphatic rings. The number of carbonyl (C=O) groups excluding carboxylic acids is 2. The number of hydrogen-bond donors (Lipinski definition) is 0. The zero-order chi connectivity index (χ0) is 10.7. The van der Waals surface area contributed by atoms with Gasteiger partial charge in [0.15, 0.2) is 0 Å². The van der Waals surface area contributed by atoms with Gasteiger partial charge in [-0.2, -0.15) is 0 Å². The van der Waals surface area contributed by atoms with Gasteiger partial charge in [0.25, 0.3) is 5.78 Å². The van der Waals surface area contributed by atoms with E-state index in [2.05, 4.69) is 20.7 Å². The molecule has 14 heavy (non-hydrogen) atoms. The van der Waals surface area contributed by atoms with E-state index < -0.39 is 11.8 Å². The lowest BCUT2D eigenvalue weighted by atomic mass is 10.1. The average Bonchev–Trinajstić information content (AvgIpc) is 2.20. The monoisotopic (exact) mass is 276 g/mol. The molecular weight excluding hydrogens is 271 g/mol. The highest BCUT2D eigenvalue weighted by molar-refractivity contribution is 9.10. The summed E-state index contributed by atoms with van der Waals surface area (Å²) in [5, 5.41) is 0.375. The third-order valence-electron chi connectivity index (χ3n) is 1.55. The van der Waals surface area contributed by atoms with Crippen LogP contribution in [0.3, 0.4) is 0 Å². The van der Waals surface area contributed by atoms with Crippen LogP contribution in [0.5, 0.6) is 0 Å². The fourth-order valence-corrected chi connectivity index (χ4v) is 1.28. The van der Waals surface area contributed by atoms with Crippen LogP contribution in [0.4, 0.5) is 0 Å². The summed E-state index contributed by atoms with van der Waals surface area (Å²) in [5.74, 6) is -1.61. The first-order chi connectivity index (χ1) is 6.56. The van der Waals surface area contributed by atoms with Gasteiger partial charge >= 0.3 is 5.97 Å². The summed E-state index contributed by atoms with van der Waals surface area (Å²) in [4.78, 5) is 22.2. The number of benzene rings is 1. The van der Waals surface area contributed by atoms with Crippen LogP contribution in [0.25, 0.3) is 0 Å². The number of hydrogen-bond acceptors (Lipinski definition) is 3. The molecule has 0 saturated carbocycles. The molecule has 1 aromatic rings. The van der Waals surface area contributed by atoms with Crippen LogP contribution in [-0.4, -0.2) is 18.9 Å². The van der Waals surface area contributed by atoms with Gasteiger partial charge in [-0.3, -0.25) is 4.79 Å². The molecule has 0 bridgehead atoms. The van der Waals surface area contributed by atoms with Crippen molar-refractivity contribution in [3.8, 4) is 0 Å². The number of esters is 1. The van der Waals surface area contributed by atoms with Crippen molar-refractivity contribution in [2.24, 2.45) is 0 Å². The molecule has 0 fully saturated rings. The zero-order valence-electron chi connectivity index (χ0n) is 7.21. The summed E-state index contributed by atoms with van der Waals surface area (Å²) in [7, 11) is 1.15. The first-order valence-electron chi connectivity index (χ1n) is 3.64. The number of halogens is 2. The molecule has 1 aromatic carbocycles. The van der Waals surface area contributed by atoms with Gasteiger partial charge in [0.2, 0.25) is 0 Å². The topological polar surface area (TPSA) is 43.4 Å². The first kappa shape index (κ1) is 11.2. The van der Waals surface area contributed by atoms with Gasteiger partial charge in [-0.25, -0.2) is 4.79 Å². The first-order valence-corrected chi connectivity index (χ1v) is 4.81. The Bertz CT molecular complexity index is 390. The smallest absolute Gasteiger partial charge is 0.379 e. The highest BCUT2D eigenvalue weighted by Crippen LogP contribution is 2.23. The highest BCUT2D eigenvalue weighted by Gasteiger charge is 2.17. The maximum atomic E-state index is 11.3. The standard InChI is InChI=1S/C9H6BrClO3/c1-14-9(13)8(12)5-2-3-6(10)7(11)4-5/h2-4H,1H3. The predicted octanol–water partition coefficient (Wildman–Crippen LogP) is 2.46. The largest absolute Gasteiger partial charge is 0.463 e. The molecule has 0 aliphatic carbocycles. The van der Waals surface area contributed by atoms with E-state index in [0.29, 0.717) is 9.50 Å². The quantitative estimate of drug-likeness (QED) is 0.474. The molecule has 0 radical (unpaired) electrons. The summed E-state index contributed by atoms with van der Waals surface area (Å²) in [6, 6.07) is 4.50. The van der Waals surface area contributed by atoms with E-state index in [9.17, 15) is 9.59 Å². The number of methoxy groups -OCH3 is 1. The Labute approximate surface area is 94.1 Å². The van der Waals surface area contributed by atoms with Crippen molar-refractivity contribution in [2.75, 3.05) is 7.11 Å². The zero-order valence-corrected chi connectivity index (χ0v) is 9.55. The number of ketones is 1. The van der Waals surface area contributed by atoms with Crippen LogP contribution in [-0.2, 0) is 9.53 Å². The van der Waals surface area contributed by atoms with Crippen molar-refractivity contribution < 1.29 is 14.3 Å². The maximum absolute atomic E-state index is 11.3. The van der Waals surface area contributed by atoms with Crippen molar-refractivity contribution >= 4 is 39.3 Å². The molecule has 3 nitrogen and oxygen atoms in total. The molecule has 0 saturated heterocycles. The van der Waals surface area contributed by atoms with E-state index in [1.807, 2.05) is 0 Å². The van der Waals surface area contributed by atoms with Gasteiger partial charge in [-0.15, -0.1) is 0 Å². The maximum Gasteiger partial charge on any atom is 0.379 e. The second kappa shape index (κ2) is 4.57. The van der Waals surface area contributed by atoms with Crippen molar-refractivity contribution in [1.82, 2.24) is 0 Å². The van der Waals surface area contributed by atoms with Crippen LogP contribution < -0.4 is 0 Å². The van der Waals surface area contributed by atoms with Gasteiger partial charge in [0.05, 0.1) is 12.1 Å². The van der Waals surface area contributed by atoms with E-state index >= 15 is 0 Å². The third-order valence-corrected chi connectivity index (χ3v) is 2.79. The van der Waals surface area contributed by atoms with Crippen molar-refractivity contribution in [3.63, 3.8) is 0 Å².